The SMILES string of the molecule is CC(Sc1nnc(-c2ccccc2)n1C)C(=O)Nc1sccc1C#N. The summed E-state index contributed by atoms with van der Waals surface area (Å²) in [6.45, 7) is 1.80. The predicted molar refractivity (Wildman–Crippen MR) is 99.4 cm³/mol. The molecule has 0 radical (unpaired) electrons. The van der Waals surface area contributed by atoms with E-state index >= 15 is 0 Å². The Morgan fingerprint density at radius 2 is 2.08 bits per heavy atom. The number of nitrogens with zero attached hydrogens (tertiary/aromatic N) is 4. The minimum Gasteiger partial charge on any atom is -0.316 e. The third-order valence-corrected chi connectivity index (χ3v) is 5.50. The normalized spacial score (nSPS) is 11.7. The summed E-state index contributed by atoms with van der Waals surface area (Å²) in [5.74, 6) is 0.578. The Morgan fingerprint density at radius 3 is 2.80 bits per heavy atom. The van der Waals surface area contributed by atoms with Gasteiger partial charge in [0.1, 0.15) is 11.1 Å². The third-order valence-electron chi connectivity index (χ3n) is 3.54. The summed E-state index contributed by atoms with van der Waals surface area (Å²) in [7, 11) is 1.88. The van der Waals surface area contributed by atoms with E-state index in [-0.39, 0.29) is 11.2 Å². The van der Waals surface area contributed by atoms with E-state index in [1.807, 2.05) is 41.9 Å². The third kappa shape index (κ3) is 3.73. The van der Waals surface area contributed by atoms with E-state index in [1.54, 1.807) is 18.4 Å². The Balaban J connectivity index is 1.71. The fourth-order valence-electron chi connectivity index (χ4n) is 2.18. The van der Waals surface area contributed by atoms with E-state index in [2.05, 4.69) is 21.6 Å². The number of amides is 1. The van der Waals surface area contributed by atoms with Crippen LogP contribution < -0.4 is 5.32 Å². The second-order valence-corrected chi connectivity index (χ2v) is 7.48. The number of thiophene rings is 1. The van der Waals surface area contributed by atoms with Gasteiger partial charge in [-0.3, -0.25) is 4.79 Å². The standard InChI is InChI=1S/C17H15N5OS2/c1-11(15(23)19-16-13(10-18)8-9-24-16)25-17-21-20-14(22(17)2)12-6-4-3-5-7-12/h3-9,11H,1-2H3,(H,19,23). The minimum absolute atomic E-state index is 0.173. The molecule has 0 saturated carbocycles. The van der Waals surface area contributed by atoms with Gasteiger partial charge in [-0.1, -0.05) is 42.1 Å². The van der Waals surface area contributed by atoms with Crippen LogP contribution in [0.25, 0.3) is 11.4 Å². The molecule has 1 amide bonds. The van der Waals surface area contributed by atoms with Crippen molar-refractivity contribution in [1.82, 2.24) is 14.8 Å². The van der Waals surface area contributed by atoms with Crippen LogP contribution >= 0.6 is 23.1 Å². The van der Waals surface area contributed by atoms with E-state index in [0.29, 0.717) is 15.7 Å². The Labute approximate surface area is 153 Å². The zero-order valence-corrected chi connectivity index (χ0v) is 15.3. The van der Waals surface area contributed by atoms with Crippen LogP contribution in [0.1, 0.15) is 12.5 Å². The molecule has 0 saturated heterocycles. The minimum atomic E-state index is -0.375. The van der Waals surface area contributed by atoms with Crippen LogP contribution in [0.4, 0.5) is 5.00 Å². The van der Waals surface area contributed by atoms with Gasteiger partial charge in [0, 0.05) is 12.6 Å². The molecule has 0 fully saturated rings. The lowest BCUT2D eigenvalue weighted by Gasteiger charge is -2.11. The lowest BCUT2D eigenvalue weighted by molar-refractivity contribution is -0.115. The molecule has 1 atom stereocenters. The van der Waals surface area contributed by atoms with Gasteiger partial charge in [-0.05, 0) is 18.4 Å². The monoisotopic (exact) mass is 369 g/mol. The number of aromatic nitrogens is 3. The molecule has 0 aliphatic rings. The fraction of sp³-hybridized carbons (Fsp3) is 0.176. The Kier molecular flexibility index (Phi) is 5.16. The fourth-order valence-corrected chi connectivity index (χ4v) is 3.73. The number of nitriles is 1. The van der Waals surface area contributed by atoms with E-state index in [4.69, 9.17) is 5.26 Å². The van der Waals surface area contributed by atoms with Crippen molar-refractivity contribution in [3.63, 3.8) is 0 Å². The number of benzene rings is 1. The van der Waals surface area contributed by atoms with E-state index in [0.717, 1.165) is 11.4 Å². The maximum atomic E-state index is 12.4. The van der Waals surface area contributed by atoms with Crippen LogP contribution in [0.5, 0.6) is 0 Å². The number of carbonyl (C=O) groups is 1. The molecule has 126 valence electrons. The number of carbonyl (C=O) groups excluding carboxylic acids is 1. The maximum Gasteiger partial charge on any atom is 0.238 e. The van der Waals surface area contributed by atoms with E-state index in [1.165, 1.54) is 23.1 Å². The molecule has 2 heterocycles. The van der Waals surface area contributed by atoms with Gasteiger partial charge in [-0.15, -0.1) is 21.5 Å². The van der Waals surface area contributed by atoms with Gasteiger partial charge in [0.25, 0.3) is 0 Å². The first-order valence-corrected chi connectivity index (χ1v) is 9.26. The van der Waals surface area contributed by atoms with Crippen LogP contribution in [-0.2, 0) is 11.8 Å². The number of hydrogen-bond donors (Lipinski definition) is 1. The smallest absolute Gasteiger partial charge is 0.238 e. The van der Waals surface area contributed by atoms with Crippen molar-refractivity contribution < 1.29 is 4.79 Å². The number of nitrogens with one attached hydrogen (secondary N) is 1. The molecule has 8 heteroatoms. The second-order valence-electron chi connectivity index (χ2n) is 5.26. The molecule has 0 spiro atoms. The zero-order valence-electron chi connectivity index (χ0n) is 13.6. The molecule has 1 N–H and O–H groups in total. The van der Waals surface area contributed by atoms with Gasteiger partial charge in [-0.2, -0.15) is 5.26 Å². The van der Waals surface area contributed by atoms with Crippen LogP contribution in [0.3, 0.4) is 0 Å². The summed E-state index contributed by atoms with van der Waals surface area (Å²) in [6.07, 6.45) is 0. The van der Waals surface area contributed by atoms with Crippen molar-refractivity contribution in [2.24, 2.45) is 7.05 Å². The molecular weight excluding hydrogens is 354 g/mol. The molecule has 3 rings (SSSR count). The van der Waals surface area contributed by atoms with E-state index in [9.17, 15) is 4.79 Å². The zero-order chi connectivity index (χ0) is 17.8. The number of rotatable bonds is 5. The van der Waals surface area contributed by atoms with Crippen molar-refractivity contribution in [2.45, 2.75) is 17.3 Å². The van der Waals surface area contributed by atoms with E-state index < -0.39 is 0 Å². The Bertz CT molecular complexity index is 926. The first-order chi connectivity index (χ1) is 12.1. The average Bonchev–Trinajstić information content (AvgIpc) is 3.22. The lowest BCUT2D eigenvalue weighted by atomic mass is 10.2. The molecular formula is C17H15N5OS2. The topological polar surface area (TPSA) is 83.6 Å². The van der Waals surface area contributed by atoms with Crippen LogP contribution in [0, 0.1) is 11.3 Å². The first-order valence-electron chi connectivity index (χ1n) is 7.50. The Hall–Kier alpha value is -2.63. The highest BCUT2D eigenvalue weighted by Gasteiger charge is 2.20. The average molecular weight is 369 g/mol. The molecule has 1 aromatic carbocycles. The molecule has 6 nitrogen and oxygen atoms in total. The molecule has 1 unspecified atom stereocenters. The highest BCUT2D eigenvalue weighted by Crippen LogP contribution is 2.28. The van der Waals surface area contributed by atoms with Gasteiger partial charge < -0.3 is 9.88 Å². The van der Waals surface area contributed by atoms with Crippen molar-refractivity contribution in [1.29, 1.82) is 5.26 Å². The van der Waals surface area contributed by atoms with Crippen molar-refractivity contribution >= 4 is 34.0 Å². The summed E-state index contributed by atoms with van der Waals surface area (Å²) in [4.78, 5) is 12.4. The largest absolute Gasteiger partial charge is 0.316 e. The molecule has 0 aliphatic carbocycles. The number of hydrogen-bond acceptors (Lipinski definition) is 6. The van der Waals surface area contributed by atoms with Crippen molar-refractivity contribution in [3.8, 4) is 17.5 Å². The van der Waals surface area contributed by atoms with Crippen LogP contribution in [0.15, 0.2) is 46.9 Å². The van der Waals surface area contributed by atoms with Gasteiger partial charge >= 0.3 is 0 Å². The van der Waals surface area contributed by atoms with Gasteiger partial charge in [0.15, 0.2) is 11.0 Å². The summed E-state index contributed by atoms with van der Waals surface area (Å²) in [6, 6.07) is 13.5. The second kappa shape index (κ2) is 7.51. The summed E-state index contributed by atoms with van der Waals surface area (Å²) >= 11 is 2.66. The lowest BCUT2D eigenvalue weighted by Crippen LogP contribution is -2.22. The maximum absolute atomic E-state index is 12.4. The summed E-state index contributed by atoms with van der Waals surface area (Å²) in [5, 5.41) is 22.9. The molecule has 2 aromatic heterocycles. The summed E-state index contributed by atoms with van der Waals surface area (Å²) in [5.41, 5.74) is 1.44. The Morgan fingerprint density at radius 1 is 1.32 bits per heavy atom. The first kappa shape index (κ1) is 17.2. The van der Waals surface area contributed by atoms with Crippen molar-refractivity contribution in [2.75, 3.05) is 5.32 Å². The van der Waals surface area contributed by atoms with Crippen molar-refractivity contribution in [3.05, 3.63) is 47.3 Å². The van der Waals surface area contributed by atoms with Crippen LogP contribution in [-0.4, -0.2) is 25.9 Å². The highest BCUT2D eigenvalue weighted by molar-refractivity contribution is 8.00. The van der Waals surface area contributed by atoms with Gasteiger partial charge in [0.2, 0.25) is 5.91 Å². The van der Waals surface area contributed by atoms with Gasteiger partial charge in [0.05, 0.1) is 10.8 Å². The molecule has 0 bridgehead atoms. The number of thioether (sulfide) groups is 1. The molecule has 0 aliphatic heterocycles. The van der Waals surface area contributed by atoms with Gasteiger partial charge in [-0.25, -0.2) is 0 Å². The molecule has 25 heavy (non-hydrogen) atoms. The summed E-state index contributed by atoms with van der Waals surface area (Å²) < 4.78 is 1.87. The highest BCUT2D eigenvalue weighted by atomic mass is 32.2. The predicted octanol–water partition coefficient (Wildman–Crippen LogP) is 3.53. The van der Waals surface area contributed by atoms with Crippen LogP contribution in [0.2, 0.25) is 0 Å². The molecule has 3 aromatic rings. The quantitative estimate of drug-likeness (QED) is 0.696. The number of anilines is 1.